The molecule has 1 atom stereocenters. The van der Waals surface area contributed by atoms with Crippen LogP contribution in [-0.2, 0) is 7.05 Å². The number of rotatable bonds is 2. The highest BCUT2D eigenvalue weighted by molar-refractivity contribution is 6.36. The number of hydrogen-bond acceptors (Lipinski definition) is 3. The molecule has 0 aliphatic carbocycles. The third-order valence-corrected chi connectivity index (χ3v) is 4.50. The fraction of sp³-hybridized carbons (Fsp3) is 0.333. The first-order valence-electron chi connectivity index (χ1n) is 7.12. The van der Waals surface area contributed by atoms with Gasteiger partial charge >= 0.3 is 0 Å². The molecule has 9 heteroatoms. The third-order valence-electron chi connectivity index (χ3n) is 3.90. The van der Waals surface area contributed by atoms with E-state index in [1.165, 1.54) is 6.07 Å². The van der Waals surface area contributed by atoms with Gasteiger partial charge in [0.15, 0.2) is 0 Å². The molecular weight excluding hydrogens is 378 g/mol. The second kappa shape index (κ2) is 7.70. The average Bonchev–Trinajstić information content (AvgIpc) is 2.96. The molecule has 1 N–H and O–H groups in total. The van der Waals surface area contributed by atoms with E-state index in [1.54, 1.807) is 11.1 Å². The standard InChI is InChI=1S/C15H15Cl2FN4O.ClH/c1-21-4-3-20-14(21)13-8-19-2-5-22(13)15(23)9-6-12(18)11(17)7-10(9)16;/h3-4,6-7,13,19H,2,5,8H2,1H3;1H. The maximum absolute atomic E-state index is 13.7. The zero-order valence-corrected chi connectivity index (χ0v) is 15.1. The predicted octanol–water partition coefficient (Wildman–Crippen LogP) is 3.07. The highest BCUT2D eigenvalue weighted by Crippen LogP contribution is 2.28. The smallest absolute Gasteiger partial charge is 0.256 e. The SMILES string of the molecule is Cl.Cn1ccnc1C1CNCCN1C(=O)c1cc(F)c(Cl)cc1Cl. The zero-order valence-electron chi connectivity index (χ0n) is 12.8. The molecule has 0 spiro atoms. The van der Waals surface area contributed by atoms with Crippen LogP contribution < -0.4 is 5.32 Å². The van der Waals surface area contributed by atoms with Gasteiger partial charge in [0.05, 0.1) is 15.6 Å². The average molecular weight is 394 g/mol. The molecule has 1 amide bonds. The van der Waals surface area contributed by atoms with Crippen LogP contribution in [0.5, 0.6) is 0 Å². The lowest BCUT2D eigenvalue weighted by Crippen LogP contribution is -2.49. The van der Waals surface area contributed by atoms with Crippen molar-refractivity contribution in [2.75, 3.05) is 19.6 Å². The van der Waals surface area contributed by atoms with E-state index >= 15 is 0 Å². The van der Waals surface area contributed by atoms with Crippen LogP contribution in [0.4, 0.5) is 4.39 Å². The van der Waals surface area contributed by atoms with E-state index < -0.39 is 5.82 Å². The number of carbonyl (C=O) groups excluding carboxylic acids is 1. The first kappa shape index (κ1) is 19.0. The van der Waals surface area contributed by atoms with E-state index in [4.69, 9.17) is 23.2 Å². The summed E-state index contributed by atoms with van der Waals surface area (Å²) in [4.78, 5) is 18.8. The van der Waals surface area contributed by atoms with Crippen molar-refractivity contribution in [1.29, 1.82) is 0 Å². The minimum atomic E-state index is -0.664. The molecule has 1 aromatic heterocycles. The summed E-state index contributed by atoms with van der Waals surface area (Å²) in [5, 5.41) is 3.28. The van der Waals surface area contributed by atoms with Crippen LogP contribution in [0.2, 0.25) is 10.0 Å². The van der Waals surface area contributed by atoms with Gasteiger partial charge in [-0.1, -0.05) is 23.2 Å². The summed E-state index contributed by atoms with van der Waals surface area (Å²) in [6.45, 7) is 1.71. The maximum Gasteiger partial charge on any atom is 0.256 e. The number of amides is 1. The van der Waals surface area contributed by atoms with Gasteiger partial charge in [-0.15, -0.1) is 12.4 Å². The molecule has 0 bridgehead atoms. The van der Waals surface area contributed by atoms with Gasteiger partial charge in [-0.25, -0.2) is 9.37 Å². The number of nitrogens with zero attached hydrogens (tertiary/aromatic N) is 3. The predicted molar refractivity (Wildman–Crippen MR) is 93.5 cm³/mol. The van der Waals surface area contributed by atoms with Crippen LogP contribution in [-0.4, -0.2) is 40.0 Å². The first-order valence-corrected chi connectivity index (χ1v) is 7.88. The summed E-state index contributed by atoms with van der Waals surface area (Å²) in [7, 11) is 1.87. The molecule has 0 saturated carbocycles. The number of aryl methyl sites for hydroxylation is 1. The Labute approximate surface area is 155 Å². The summed E-state index contributed by atoms with van der Waals surface area (Å²) in [6.07, 6.45) is 3.50. The van der Waals surface area contributed by atoms with Crippen LogP contribution in [0.25, 0.3) is 0 Å². The minimum Gasteiger partial charge on any atom is -0.336 e. The zero-order chi connectivity index (χ0) is 16.6. The molecule has 5 nitrogen and oxygen atoms in total. The number of hydrogen-bond donors (Lipinski definition) is 1. The number of piperazine rings is 1. The van der Waals surface area contributed by atoms with Crippen molar-refractivity contribution in [3.8, 4) is 0 Å². The molecular formula is C15H16Cl3FN4O. The minimum absolute atomic E-state index is 0. The van der Waals surface area contributed by atoms with Crippen molar-refractivity contribution in [2.45, 2.75) is 6.04 Å². The Hall–Kier alpha value is -1.34. The van der Waals surface area contributed by atoms with Crippen LogP contribution in [0.1, 0.15) is 22.2 Å². The Bertz CT molecular complexity index is 752. The van der Waals surface area contributed by atoms with Crippen molar-refractivity contribution < 1.29 is 9.18 Å². The summed E-state index contributed by atoms with van der Waals surface area (Å²) in [5.41, 5.74) is 0.106. The molecule has 2 heterocycles. The molecule has 0 radical (unpaired) electrons. The van der Waals surface area contributed by atoms with Gasteiger partial charge in [0.2, 0.25) is 0 Å². The summed E-state index contributed by atoms with van der Waals surface area (Å²) in [5.74, 6) is -0.237. The molecule has 1 fully saturated rings. The van der Waals surface area contributed by atoms with Crippen molar-refractivity contribution in [2.24, 2.45) is 7.05 Å². The number of carbonyl (C=O) groups is 1. The largest absolute Gasteiger partial charge is 0.336 e. The molecule has 1 aromatic carbocycles. The monoisotopic (exact) mass is 392 g/mol. The Morgan fingerprint density at radius 1 is 1.38 bits per heavy atom. The molecule has 1 saturated heterocycles. The molecule has 2 aromatic rings. The van der Waals surface area contributed by atoms with Gasteiger partial charge < -0.3 is 14.8 Å². The molecule has 24 heavy (non-hydrogen) atoms. The van der Waals surface area contributed by atoms with Crippen molar-refractivity contribution in [1.82, 2.24) is 19.8 Å². The van der Waals surface area contributed by atoms with Gasteiger partial charge in [-0.2, -0.15) is 0 Å². The highest BCUT2D eigenvalue weighted by atomic mass is 35.5. The molecule has 3 rings (SSSR count). The van der Waals surface area contributed by atoms with E-state index in [1.807, 2.05) is 17.8 Å². The van der Waals surface area contributed by atoms with Crippen molar-refractivity contribution in [3.05, 3.63) is 51.8 Å². The second-order valence-corrected chi connectivity index (χ2v) is 6.18. The fourth-order valence-corrected chi connectivity index (χ4v) is 3.18. The van der Waals surface area contributed by atoms with Gasteiger partial charge in [0, 0.05) is 39.1 Å². The number of aromatic nitrogens is 2. The van der Waals surface area contributed by atoms with Crippen molar-refractivity contribution >= 4 is 41.5 Å². The Balaban J connectivity index is 0.00000208. The van der Waals surface area contributed by atoms with Gasteiger partial charge in [0.1, 0.15) is 17.7 Å². The lowest BCUT2D eigenvalue weighted by atomic mass is 10.1. The Kier molecular flexibility index (Phi) is 6.09. The van der Waals surface area contributed by atoms with E-state index in [2.05, 4.69) is 10.3 Å². The van der Waals surface area contributed by atoms with Gasteiger partial charge in [0.25, 0.3) is 5.91 Å². The van der Waals surface area contributed by atoms with Gasteiger partial charge in [-0.3, -0.25) is 4.79 Å². The van der Waals surface area contributed by atoms with Crippen LogP contribution >= 0.6 is 35.6 Å². The number of nitrogens with one attached hydrogen (secondary N) is 1. The lowest BCUT2D eigenvalue weighted by Gasteiger charge is -2.36. The summed E-state index contributed by atoms with van der Waals surface area (Å²) < 4.78 is 15.6. The fourth-order valence-electron chi connectivity index (χ4n) is 2.72. The molecule has 130 valence electrons. The summed E-state index contributed by atoms with van der Waals surface area (Å²) >= 11 is 11.8. The van der Waals surface area contributed by atoms with Crippen LogP contribution in [0, 0.1) is 5.82 Å². The molecule has 1 aliphatic rings. The second-order valence-electron chi connectivity index (χ2n) is 5.36. The lowest BCUT2D eigenvalue weighted by molar-refractivity contribution is 0.0620. The number of benzene rings is 1. The highest BCUT2D eigenvalue weighted by Gasteiger charge is 2.32. The Morgan fingerprint density at radius 3 is 2.79 bits per heavy atom. The van der Waals surface area contributed by atoms with E-state index in [9.17, 15) is 9.18 Å². The van der Waals surface area contributed by atoms with Crippen LogP contribution in [0.15, 0.2) is 24.5 Å². The van der Waals surface area contributed by atoms with E-state index in [-0.39, 0.29) is 40.0 Å². The quantitative estimate of drug-likeness (QED) is 0.798. The molecule has 1 aliphatic heterocycles. The number of halogens is 4. The number of imidazole rings is 1. The summed E-state index contributed by atoms with van der Waals surface area (Å²) in [6, 6.07) is 2.10. The Morgan fingerprint density at radius 2 is 2.12 bits per heavy atom. The van der Waals surface area contributed by atoms with E-state index in [0.29, 0.717) is 19.6 Å². The first-order chi connectivity index (χ1) is 11.0. The van der Waals surface area contributed by atoms with E-state index in [0.717, 1.165) is 11.9 Å². The molecule has 1 unspecified atom stereocenters. The topological polar surface area (TPSA) is 50.2 Å². The maximum atomic E-state index is 13.7. The van der Waals surface area contributed by atoms with Gasteiger partial charge in [-0.05, 0) is 12.1 Å². The normalized spacial score (nSPS) is 17.5. The van der Waals surface area contributed by atoms with Crippen LogP contribution in [0.3, 0.4) is 0 Å². The third kappa shape index (κ3) is 3.52. The van der Waals surface area contributed by atoms with Crippen molar-refractivity contribution in [3.63, 3.8) is 0 Å².